The van der Waals surface area contributed by atoms with E-state index in [1.807, 2.05) is 13.8 Å². The maximum Gasteiger partial charge on any atom is 0.253 e. The Labute approximate surface area is 174 Å². The number of hydrogen-bond acceptors (Lipinski definition) is 6. The largest absolute Gasteiger partial charge is 0.371 e. The summed E-state index contributed by atoms with van der Waals surface area (Å²) in [5.41, 5.74) is 3.21. The molecule has 0 N–H and O–H groups in total. The van der Waals surface area contributed by atoms with E-state index in [1.54, 1.807) is 29.2 Å². The van der Waals surface area contributed by atoms with Crippen LogP contribution in [0.2, 0.25) is 0 Å². The molecule has 158 valence electrons. The van der Waals surface area contributed by atoms with Crippen LogP contribution in [0.1, 0.15) is 52.2 Å². The third-order valence-corrected chi connectivity index (χ3v) is 5.77. The fourth-order valence-corrected chi connectivity index (χ4v) is 3.87. The van der Waals surface area contributed by atoms with Gasteiger partial charge >= 0.3 is 0 Å². The first-order valence-corrected chi connectivity index (χ1v) is 10.2. The van der Waals surface area contributed by atoms with Crippen molar-refractivity contribution in [3.63, 3.8) is 0 Å². The van der Waals surface area contributed by atoms with Crippen LogP contribution in [0.4, 0.5) is 0 Å². The Kier molecular flexibility index (Phi) is 5.67. The molecule has 2 saturated heterocycles. The lowest BCUT2D eigenvalue weighted by atomic mass is 10.1. The van der Waals surface area contributed by atoms with E-state index in [9.17, 15) is 14.4 Å². The van der Waals surface area contributed by atoms with Gasteiger partial charge in [0.2, 0.25) is 11.8 Å². The molecule has 2 aliphatic heterocycles. The molecule has 8 heteroatoms. The van der Waals surface area contributed by atoms with E-state index in [0.717, 1.165) is 29.0 Å². The van der Waals surface area contributed by atoms with Gasteiger partial charge in [-0.25, -0.2) is 0 Å². The number of benzene rings is 1. The van der Waals surface area contributed by atoms with E-state index < -0.39 is 0 Å². The molecule has 3 heterocycles. The second-order valence-electron chi connectivity index (χ2n) is 7.85. The monoisotopic (exact) mass is 411 g/mol. The summed E-state index contributed by atoms with van der Waals surface area (Å²) in [4.78, 5) is 39.4. The summed E-state index contributed by atoms with van der Waals surface area (Å²) in [7, 11) is 0. The molecule has 0 bridgehead atoms. The summed E-state index contributed by atoms with van der Waals surface area (Å²) in [5, 5.41) is 3.93. The first-order chi connectivity index (χ1) is 14.4. The molecule has 2 aliphatic rings. The predicted octanol–water partition coefficient (Wildman–Crippen LogP) is 2.37. The number of imide groups is 1. The third-order valence-electron chi connectivity index (χ3n) is 5.77. The van der Waals surface area contributed by atoms with Gasteiger partial charge in [0.05, 0.1) is 24.9 Å². The Morgan fingerprint density at radius 1 is 1.17 bits per heavy atom. The standard InChI is InChI=1S/C22H25N3O5/c1-14-19(15(2)30-23-14)13-29-18-9-10-24(12-18)22(28)17-5-3-16(4-6-17)11-25-20(26)7-8-21(25)27/h3-6,18H,7-13H2,1-2H3/t18-/m1/s1. The number of rotatable bonds is 6. The van der Waals surface area contributed by atoms with Crippen molar-refractivity contribution in [2.75, 3.05) is 13.1 Å². The SMILES string of the molecule is Cc1noc(C)c1CO[C@@H]1CCN(C(=O)c2ccc(CN3C(=O)CCC3=O)cc2)C1. The highest BCUT2D eigenvalue weighted by atomic mass is 16.5. The zero-order valence-corrected chi connectivity index (χ0v) is 17.2. The van der Waals surface area contributed by atoms with E-state index in [2.05, 4.69) is 5.16 Å². The third kappa shape index (κ3) is 4.14. The lowest BCUT2D eigenvalue weighted by Crippen LogP contribution is -2.30. The van der Waals surface area contributed by atoms with Crippen molar-refractivity contribution >= 4 is 17.7 Å². The highest BCUT2D eigenvalue weighted by Crippen LogP contribution is 2.21. The molecule has 1 atom stereocenters. The number of nitrogens with zero attached hydrogens (tertiary/aromatic N) is 3. The minimum absolute atomic E-state index is 0.0193. The molecule has 4 rings (SSSR count). The van der Waals surface area contributed by atoms with E-state index in [1.165, 1.54) is 4.90 Å². The number of hydrogen-bond donors (Lipinski definition) is 0. The highest BCUT2D eigenvalue weighted by Gasteiger charge is 2.30. The maximum absolute atomic E-state index is 12.8. The average molecular weight is 411 g/mol. The van der Waals surface area contributed by atoms with Crippen molar-refractivity contribution in [1.29, 1.82) is 0 Å². The first-order valence-electron chi connectivity index (χ1n) is 10.2. The van der Waals surface area contributed by atoms with Gasteiger partial charge in [-0.1, -0.05) is 17.3 Å². The molecule has 0 radical (unpaired) electrons. The van der Waals surface area contributed by atoms with E-state index in [-0.39, 0.29) is 43.2 Å². The number of aromatic nitrogens is 1. The topological polar surface area (TPSA) is 93.0 Å². The van der Waals surface area contributed by atoms with Crippen molar-refractivity contribution in [1.82, 2.24) is 15.0 Å². The van der Waals surface area contributed by atoms with Crippen molar-refractivity contribution in [2.24, 2.45) is 0 Å². The average Bonchev–Trinajstić information content (AvgIpc) is 3.43. The molecule has 3 amide bonds. The molecular formula is C22H25N3O5. The van der Waals surface area contributed by atoms with Crippen LogP contribution in [0.3, 0.4) is 0 Å². The molecule has 0 unspecified atom stereocenters. The quantitative estimate of drug-likeness (QED) is 0.678. The van der Waals surface area contributed by atoms with Crippen LogP contribution in [-0.4, -0.2) is 51.9 Å². The Hall–Kier alpha value is -3.00. The highest BCUT2D eigenvalue weighted by molar-refractivity contribution is 6.01. The predicted molar refractivity (Wildman–Crippen MR) is 106 cm³/mol. The zero-order chi connectivity index (χ0) is 21.3. The second kappa shape index (κ2) is 8.39. The van der Waals surface area contributed by atoms with Crippen LogP contribution in [0, 0.1) is 13.8 Å². The van der Waals surface area contributed by atoms with Gasteiger partial charge in [0.15, 0.2) is 0 Å². The molecule has 0 aliphatic carbocycles. The van der Waals surface area contributed by atoms with Gasteiger partial charge in [0.25, 0.3) is 5.91 Å². The van der Waals surface area contributed by atoms with Crippen LogP contribution in [0.5, 0.6) is 0 Å². The number of amides is 3. The number of carbonyl (C=O) groups excluding carboxylic acids is 3. The van der Waals surface area contributed by atoms with Gasteiger partial charge in [-0.15, -0.1) is 0 Å². The molecule has 2 aromatic rings. The van der Waals surface area contributed by atoms with Crippen LogP contribution < -0.4 is 0 Å². The van der Waals surface area contributed by atoms with E-state index in [0.29, 0.717) is 25.3 Å². The molecule has 1 aromatic carbocycles. The minimum atomic E-state index is -0.139. The van der Waals surface area contributed by atoms with Gasteiger partial charge in [-0.3, -0.25) is 19.3 Å². The number of ether oxygens (including phenoxy) is 1. The summed E-state index contributed by atoms with van der Waals surface area (Å²) in [6.45, 7) is 5.62. The Morgan fingerprint density at radius 2 is 1.87 bits per heavy atom. The van der Waals surface area contributed by atoms with Gasteiger partial charge in [0.1, 0.15) is 5.76 Å². The molecule has 30 heavy (non-hydrogen) atoms. The Morgan fingerprint density at radius 3 is 2.50 bits per heavy atom. The molecule has 0 saturated carbocycles. The summed E-state index contributed by atoms with van der Waals surface area (Å²) < 4.78 is 11.1. The summed E-state index contributed by atoms with van der Waals surface area (Å²) >= 11 is 0. The minimum Gasteiger partial charge on any atom is -0.371 e. The van der Waals surface area contributed by atoms with Gasteiger partial charge in [0, 0.05) is 37.1 Å². The maximum atomic E-state index is 12.8. The first kappa shape index (κ1) is 20.3. The van der Waals surface area contributed by atoms with Crippen LogP contribution in [0.25, 0.3) is 0 Å². The Balaban J connectivity index is 1.31. The summed E-state index contributed by atoms with van der Waals surface area (Å²) in [5.74, 6) is 0.439. The number of aryl methyl sites for hydroxylation is 2. The fourth-order valence-electron chi connectivity index (χ4n) is 3.87. The van der Waals surface area contributed by atoms with Crippen LogP contribution in [-0.2, 0) is 27.5 Å². The molecule has 8 nitrogen and oxygen atoms in total. The number of likely N-dealkylation sites (tertiary alicyclic amines) is 2. The molecule has 2 fully saturated rings. The summed E-state index contributed by atoms with van der Waals surface area (Å²) in [6.07, 6.45) is 1.33. The number of carbonyl (C=O) groups is 3. The second-order valence-corrected chi connectivity index (χ2v) is 7.85. The smallest absolute Gasteiger partial charge is 0.253 e. The van der Waals surface area contributed by atoms with Crippen molar-refractivity contribution in [2.45, 2.75) is 52.4 Å². The van der Waals surface area contributed by atoms with E-state index >= 15 is 0 Å². The van der Waals surface area contributed by atoms with Crippen LogP contribution in [0.15, 0.2) is 28.8 Å². The summed E-state index contributed by atoms with van der Waals surface area (Å²) in [6, 6.07) is 7.10. The zero-order valence-electron chi connectivity index (χ0n) is 17.2. The van der Waals surface area contributed by atoms with Gasteiger partial charge < -0.3 is 14.2 Å². The van der Waals surface area contributed by atoms with Crippen molar-refractivity contribution < 1.29 is 23.6 Å². The van der Waals surface area contributed by atoms with Gasteiger partial charge in [-0.2, -0.15) is 0 Å². The van der Waals surface area contributed by atoms with Crippen LogP contribution >= 0.6 is 0 Å². The fraction of sp³-hybridized carbons (Fsp3) is 0.455. The van der Waals surface area contributed by atoms with Crippen molar-refractivity contribution in [3.05, 3.63) is 52.4 Å². The van der Waals surface area contributed by atoms with E-state index in [4.69, 9.17) is 9.26 Å². The molecule has 0 spiro atoms. The molecule has 1 aromatic heterocycles. The molecular weight excluding hydrogens is 386 g/mol. The normalized spacial score (nSPS) is 19.2. The lowest BCUT2D eigenvalue weighted by molar-refractivity contribution is -0.139. The van der Waals surface area contributed by atoms with Crippen molar-refractivity contribution in [3.8, 4) is 0 Å². The Bertz CT molecular complexity index is 930. The lowest BCUT2D eigenvalue weighted by Gasteiger charge is -2.18. The van der Waals surface area contributed by atoms with Gasteiger partial charge in [-0.05, 0) is 38.0 Å².